The second kappa shape index (κ2) is 13.5. The van der Waals surface area contributed by atoms with Crippen LogP contribution in [0, 0.1) is 29.1 Å². The third kappa shape index (κ3) is 7.82. The Morgan fingerprint density at radius 3 is 2.25 bits per heavy atom. The average molecular weight is 669 g/mol. The van der Waals surface area contributed by atoms with E-state index >= 15 is 0 Å². The molecule has 0 aromatic heterocycles. The molecule has 5 aliphatic rings. The highest BCUT2D eigenvalue weighted by molar-refractivity contribution is 6.48. The number of nitrogens with one attached hydrogen (secondary N) is 2. The normalized spacial score (nSPS) is 30.0. The van der Waals surface area contributed by atoms with Crippen LogP contribution in [0.3, 0.4) is 0 Å². The second-order valence-corrected chi connectivity index (χ2v) is 17.3. The van der Waals surface area contributed by atoms with Gasteiger partial charge in [0.1, 0.15) is 22.5 Å². The standard InChI is InChI=1S/C37H57BN2O8/c1-34(2,3)45-32(42)26-13-11-12-24(30(26)44-10)18-29(38-47-28-20-25-19-27(36(25,7)8)37(28,9)48-38)40-31(41)23-16-14-22(15-17-23)21-39-33(43)46-35(4,5)6/h11-13,22-23,25,27-29H,14-21H2,1-10H3,(H,39,43)(H,40,41)/t22-,23-,25?,27?,28?,29-,37?/m0/s1. The van der Waals surface area contributed by atoms with Crippen LogP contribution in [0.5, 0.6) is 5.75 Å². The summed E-state index contributed by atoms with van der Waals surface area (Å²) in [4.78, 5) is 39.2. The van der Waals surface area contributed by atoms with Crippen molar-refractivity contribution >= 4 is 25.1 Å². The second-order valence-electron chi connectivity index (χ2n) is 17.3. The molecule has 10 nitrogen and oxygen atoms in total. The van der Waals surface area contributed by atoms with Crippen LogP contribution >= 0.6 is 0 Å². The summed E-state index contributed by atoms with van der Waals surface area (Å²) >= 11 is 0. The van der Waals surface area contributed by atoms with E-state index < -0.39 is 41.9 Å². The first-order chi connectivity index (χ1) is 22.3. The van der Waals surface area contributed by atoms with Crippen molar-refractivity contribution < 1.29 is 37.9 Å². The smallest absolute Gasteiger partial charge is 0.482 e. The molecule has 1 saturated heterocycles. The van der Waals surface area contributed by atoms with Crippen molar-refractivity contribution in [2.45, 2.75) is 136 Å². The number of hydrogen-bond acceptors (Lipinski definition) is 8. The molecule has 2 N–H and O–H groups in total. The Balaban J connectivity index is 1.31. The van der Waals surface area contributed by atoms with Gasteiger partial charge in [0.05, 0.1) is 24.8 Å². The molecule has 48 heavy (non-hydrogen) atoms. The highest BCUT2D eigenvalue weighted by Crippen LogP contribution is 2.65. The minimum absolute atomic E-state index is 0.0299. The number of ether oxygens (including phenoxy) is 3. The summed E-state index contributed by atoms with van der Waals surface area (Å²) in [5.74, 6) is 0.532. The molecule has 1 aromatic carbocycles. The van der Waals surface area contributed by atoms with Gasteiger partial charge >= 0.3 is 19.2 Å². The predicted octanol–water partition coefficient (Wildman–Crippen LogP) is 6.28. The Kier molecular flexibility index (Phi) is 10.3. The Morgan fingerprint density at radius 1 is 0.979 bits per heavy atom. The van der Waals surface area contributed by atoms with Crippen LogP contribution < -0.4 is 15.4 Å². The summed E-state index contributed by atoms with van der Waals surface area (Å²) < 4.78 is 30.4. The molecule has 1 aromatic rings. The van der Waals surface area contributed by atoms with Gasteiger partial charge in [-0.1, -0.05) is 26.0 Å². The minimum atomic E-state index is -0.662. The van der Waals surface area contributed by atoms with Crippen LogP contribution in [0.1, 0.15) is 117 Å². The summed E-state index contributed by atoms with van der Waals surface area (Å²) in [5.41, 5.74) is -0.358. The lowest BCUT2D eigenvalue weighted by molar-refractivity contribution is -0.199. The van der Waals surface area contributed by atoms with Crippen LogP contribution in [-0.2, 0) is 30.0 Å². The van der Waals surface area contributed by atoms with Gasteiger partial charge in [0.15, 0.2) is 0 Å². The van der Waals surface area contributed by atoms with Crippen LogP contribution in [0.4, 0.5) is 4.79 Å². The van der Waals surface area contributed by atoms with E-state index in [1.165, 1.54) is 0 Å². The third-order valence-electron chi connectivity index (χ3n) is 11.1. The van der Waals surface area contributed by atoms with Crippen molar-refractivity contribution in [1.82, 2.24) is 10.6 Å². The lowest BCUT2D eigenvalue weighted by Crippen LogP contribution is -2.65. The number of carbonyl (C=O) groups excluding carboxylic acids is 3. The van der Waals surface area contributed by atoms with E-state index in [-0.39, 0.29) is 29.3 Å². The molecule has 5 fully saturated rings. The molecular formula is C37H57BN2O8. The summed E-state index contributed by atoms with van der Waals surface area (Å²) in [5, 5.41) is 6.22. The van der Waals surface area contributed by atoms with Crippen molar-refractivity contribution in [3.05, 3.63) is 29.3 Å². The molecule has 0 spiro atoms. The third-order valence-corrected chi connectivity index (χ3v) is 11.1. The Hall–Kier alpha value is -2.79. The number of methoxy groups -OCH3 is 1. The van der Waals surface area contributed by atoms with Crippen LogP contribution in [0.25, 0.3) is 0 Å². The molecule has 4 aliphatic carbocycles. The van der Waals surface area contributed by atoms with E-state index in [0.29, 0.717) is 36.1 Å². The van der Waals surface area contributed by atoms with Gasteiger partial charge in [0.25, 0.3) is 0 Å². The largest absolute Gasteiger partial charge is 0.496 e. The molecule has 5 atom stereocenters. The Morgan fingerprint density at radius 2 is 1.65 bits per heavy atom. The van der Waals surface area contributed by atoms with Crippen molar-refractivity contribution in [3.8, 4) is 5.75 Å². The van der Waals surface area contributed by atoms with E-state index in [1.54, 1.807) is 13.2 Å². The SMILES string of the molecule is COc1c(C[C@H](NC(=O)[C@H]2CC[C@H](CNC(=O)OC(C)(C)C)CC2)B2OC3CC4CC(C4(C)C)C3(C)O2)cccc1C(=O)OC(C)(C)C. The van der Waals surface area contributed by atoms with Crippen molar-refractivity contribution in [2.75, 3.05) is 13.7 Å². The number of rotatable bonds is 9. The number of para-hydroxylation sites is 1. The summed E-state index contributed by atoms with van der Waals surface area (Å²) in [6, 6.07) is 5.43. The zero-order valence-corrected chi connectivity index (χ0v) is 30.7. The molecule has 4 saturated carbocycles. The summed E-state index contributed by atoms with van der Waals surface area (Å²) in [6.07, 6.45) is 5.08. The first-order valence-electron chi connectivity index (χ1n) is 17.8. The number of esters is 1. The molecule has 4 unspecified atom stereocenters. The van der Waals surface area contributed by atoms with Gasteiger partial charge < -0.3 is 34.2 Å². The van der Waals surface area contributed by atoms with E-state index in [0.717, 1.165) is 44.1 Å². The van der Waals surface area contributed by atoms with E-state index in [2.05, 4.69) is 31.4 Å². The maximum Gasteiger partial charge on any atom is 0.482 e. The van der Waals surface area contributed by atoms with Gasteiger partial charge in [0, 0.05) is 12.5 Å². The van der Waals surface area contributed by atoms with E-state index in [4.69, 9.17) is 23.5 Å². The Labute approximate surface area is 287 Å². The number of hydrogen-bond donors (Lipinski definition) is 2. The first kappa shape index (κ1) is 36.5. The van der Waals surface area contributed by atoms with Crippen molar-refractivity contribution in [3.63, 3.8) is 0 Å². The average Bonchev–Trinajstić information content (AvgIpc) is 3.35. The number of benzene rings is 1. The molecule has 0 radical (unpaired) electrons. The first-order valence-corrected chi connectivity index (χ1v) is 17.8. The van der Waals surface area contributed by atoms with Gasteiger partial charge in [-0.05, 0) is 128 Å². The van der Waals surface area contributed by atoms with Gasteiger partial charge in [-0.2, -0.15) is 0 Å². The van der Waals surface area contributed by atoms with E-state index in [1.807, 2.05) is 53.7 Å². The fraction of sp³-hybridized carbons (Fsp3) is 0.757. The highest BCUT2D eigenvalue weighted by Gasteiger charge is 2.68. The van der Waals surface area contributed by atoms with Crippen molar-refractivity contribution in [2.24, 2.45) is 29.1 Å². The molecule has 11 heteroatoms. The fourth-order valence-electron chi connectivity index (χ4n) is 8.47. The highest BCUT2D eigenvalue weighted by atomic mass is 16.7. The molecule has 6 rings (SSSR count). The molecular weight excluding hydrogens is 611 g/mol. The lowest BCUT2D eigenvalue weighted by atomic mass is 9.43. The topological polar surface area (TPSA) is 121 Å². The molecule has 266 valence electrons. The monoisotopic (exact) mass is 668 g/mol. The molecule has 2 bridgehead atoms. The maximum atomic E-state index is 13.9. The number of alkyl carbamates (subject to hydrolysis) is 1. The van der Waals surface area contributed by atoms with Crippen LogP contribution in [0.2, 0.25) is 0 Å². The van der Waals surface area contributed by atoms with Gasteiger partial charge in [0.2, 0.25) is 5.91 Å². The summed E-state index contributed by atoms with van der Waals surface area (Å²) in [7, 11) is 0.896. The van der Waals surface area contributed by atoms with Crippen molar-refractivity contribution in [1.29, 1.82) is 0 Å². The lowest BCUT2D eigenvalue weighted by Gasteiger charge is -2.64. The number of amides is 2. The zero-order chi connectivity index (χ0) is 35.2. The predicted molar refractivity (Wildman–Crippen MR) is 184 cm³/mol. The molecule has 1 aliphatic heterocycles. The van der Waals surface area contributed by atoms with Gasteiger partial charge in [-0.25, -0.2) is 9.59 Å². The summed E-state index contributed by atoms with van der Waals surface area (Å²) in [6.45, 7) is 18.4. The number of carbonyl (C=O) groups is 3. The van der Waals surface area contributed by atoms with Gasteiger partial charge in [-0.3, -0.25) is 4.79 Å². The quantitative estimate of drug-likeness (QED) is 0.233. The molecule has 1 heterocycles. The zero-order valence-electron chi connectivity index (χ0n) is 30.7. The maximum absolute atomic E-state index is 13.9. The van der Waals surface area contributed by atoms with E-state index in [9.17, 15) is 14.4 Å². The Bertz CT molecular complexity index is 1360. The van der Waals surface area contributed by atoms with Crippen LogP contribution in [-0.4, -0.2) is 67.6 Å². The van der Waals surface area contributed by atoms with Crippen LogP contribution in [0.15, 0.2) is 18.2 Å². The molecule has 2 amide bonds. The van der Waals surface area contributed by atoms with Gasteiger partial charge in [-0.15, -0.1) is 0 Å². The minimum Gasteiger partial charge on any atom is -0.496 e. The fourth-order valence-corrected chi connectivity index (χ4v) is 8.47.